The van der Waals surface area contributed by atoms with Crippen LogP contribution < -0.4 is 10.9 Å². The molecule has 118 valence electrons. The number of para-hydroxylation sites is 3. The van der Waals surface area contributed by atoms with Crippen LogP contribution in [0.3, 0.4) is 0 Å². The number of nitrogens with one attached hydrogen (secondary N) is 2. The second-order valence-corrected chi connectivity index (χ2v) is 5.13. The molecule has 0 spiro atoms. The van der Waals surface area contributed by atoms with Gasteiger partial charge in [0, 0.05) is 18.2 Å². The minimum Gasteiger partial charge on any atom is -0.301 e. The van der Waals surface area contributed by atoms with Crippen molar-refractivity contribution < 1.29 is 4.92 Å². The molecular formula is C16H17N5O2. The van der Waals surface area contributed by atoms with Crippen molar-refractivity contribution in [3.8, 4) is 0 Å². The molecule has 2 N–H and O–H groups in total. The first kappa shape index (κ1) is 15.0. The average molecular weight is 311 g/mol. The van der Waals surface area contributed by atoms with Gasteiger partial charge in [0.2, 0.25) is 0 Å². The van der Waals surface area contributed by atoms with Gasteiger partial charge in [-0.2, -0.15) is 0 Å². The van der Waals surface area contributed by atoms with E-state index in [1.54, 1.807) is 18.2 Å². The minimum absolute atomic E-state index is 0.0140. The molecule has 3 rings (SSSR count). The van der Waals surface area contributed by atoms with Crippen molar-refractivity contribution in [1.82, 2.24) is 10.5 Å². The van der Waals surface area contributed by atoms with E-state index in [0.717, 1.165) is 24.2 Å². The summed E-state index contributed by atoms with van der Waals surface area (Å²) in [6.07, 6.45) is 0.945. The zero-order valence-electron chi connectivity index (χ0n) is 12.7. The number of hydrogen-bond acceptors (Lipinski definition) is 5. The Balaban J connectivity index is 2.06. The number of hydrazine groups is 2. The van der Waals surface area contributed by atoms with E-state index >= 15 is 0 Å². The Bertz CT molecular complexity index is 760. The van der Waals surface area contributed by atoms with Crippen LogP contribution in [0, 0.1) is 10.1 Å². The van der Waals surface area contributed by atoms with Gasteiger partial charge in [0.25, 0.3) is 5.69 Å². The summed E-state index contributed by atoms with van der Waals surface area (Å²) in [5, 5.41) is 13.0. The molecule has 7 heteroatoms. The van der Waals surface area contributed by atoms with Crippen molar-refractivity contribution in [2.75, 3.05) is 12.0 Å². The first-order valence-corrected chi connectivity index (χ1v) is 7.41. The molecule has 2 aromatic rings. The summed E-state index contributed by atoms with van der Waals surface area (Å²) in [6, 6.07) is 14.2. The highest BCUT2D eigenvalue weighted by Gasteiger charge is 2.21. The van der Waals surface area contributed by atoms with Crippen molar-refractivity contribution in [2.45, 2.75) is 13.3 Å². The van der Waals surface area contributed by atoms with Crippen LogP contribution in [0.1, 0.15) is 18.9 Å². The second kappa shape index (κ2) is 6.45. The van der Waals surface area contributed by atoms with E-state index in [4.69, 9.17) is 0 Å². The number of amidine groups is 1. The number of hydrogen-bond donors (Lipinski definition) is 2. The Hall–Kier alpha value is -2.93. The van der Waals surface area contributed by atoms with Gasteiger partial charge in [0.15, 0.2) is 5.84 Å². The van der Waals surface area contributed by atoms with Crippen LogP contribution in [0.4, 0.5) is 17.1 Å². The summed E-state index contributed by atoms with van der Waals surface area (Å²) in [6.45, 7) is 2.84. The standard InChI is InChI=1S/C16H17N5O2/c1-2-11-20-18-13-8-4-3-7-12(13)16(19-20)17-14-9-5-6-10-15(14)21(22)23/h3-10,18H,2,11H2,1H3,(H,17,19). The lowest BCUT2D eigenvalue weighted by atomic mass is 10.1. The largest absolute Gasteiger partial charge is 0.301 e. The van der Waals surface area contributed by atoms with Crippen LogP contribution in [0.25, 0.3) is 0 Å². The highest BCUT2D eigenvalue weighted by Crippen LogP contribution is 2.28. The molecule has 1 aliphatic rings. The van der Waals surface area contributed by atoms with Gasteiger partial charge in [-0.3, -0.25) is 15.5 Å². The van der Waals surface area contributed by atoms with E-state index in [9.17, 15) is 10.1 Å². The van der Waals surface area contributed by atoms with E-state index < -0.39 is 4.92 Å². The third-order valence-electron chi connectivity index (χ3n) is 3.44. The zero-order valence-corrected chi connectivity index (χ0v) is 12.7. The van der Waals surface area contributed by atoms with Crippen molar-refractivity contribution in [1.29, 1.82) is 0 Å². The third-order valence-corrected chi connectivity index (χ3v) is 3.44. The summed E-state index contributed by atoms with van der Waals surface area (Å²) in [5.41, 5.74) is 8.53. The predicted octanol–water partition coefficient (Wildman–Crippen LogP) is 3.23. The molecule has 0 unspecified atom stereocenters. The molecule has 0 amide bonds. The van der Waals surface area contributed by atoms with E-state index in [0.29, 0.717) is 11.5 Å². The van der Waals surface area contributed by atoms with Crippen molar-refractivity contribution in [2.24, 2.45) is 4.99 Å². The van der Waals surface area contributed by atoms with Gasteiger partial charge < -0.3 is 5.43 Å². The normalized spacial score (nSPS) is 15.6. The van der Waals surface area contributed by atoms with Gasteiger partial charge >= 0.3 is 0 Å². The number of benzene rings is 2. The van der Waals surface area contributed by atoms with Crippen LogP contribution >= 0.6 is 0 Å². The summed E-state index contributed by atoms with van der Waals surface area (Å²) in [4.78, 5) is 15.2. The van der Waals surface area contributed by atoms with E-state index in [-0.39, 0.29) is 5.69 Å². The minimum atomic E-state index is -0.420. The van der Waals surface area contributed by atoms with Crippen LogP contribution in [0.2, 0.25) is 0 Å². The van der Waals surface area contributed by atoms with Gasteiger partial charge in [-0.1, -0.05) is 31.2 Å². The molecule has 0 radical (unpaired) electrons. The van der Waals surface area contributed by atoms with Gasteiger partial charge in [0.1, 0.15) is 5.69 Å². The molecule has 0 aliphatic carbocycles. The first-order valence-electron chi connectivity index (χ1n) is 7.41. The van der Waals surface area contributed by atoms with Crippen LogP contribution in [0.15, 0.2) is 53.5 Å². The van der Waals surface area contributed by atoms with E-state index in [1.165, 1.54) is 6.07 Å². The zero-order chi connectivity index (χ0) is 16.2. The quantitative estimate of drug-likeness (QED) is 0.669. The molecule has 23 heavy (non-hydrogen) atoms. The fourth-order valence-electron chi connectivity index (χ4n) is 2.40. The Labute approximate surface area is 133 Å². The second-order valence-electron chi connectivity index (χ2n) is 5.13. The number of fused-ring (bicyclic) bond motifs is 1. The van der Waals surface area contributed by atoms with Gasteiger partial charge in [-0.15, -0.1) is 5.12 Å². The molecule has 0 atom stereocenters. The molecule has 0 saturated heterocycles. The Morgan fingerprint density at radius 2 is 1.87 bits per heavy atom. The number of anilines is 1. The predicted molar refractivity (Wildman–Crippen MR) is 89.5 cm³/mol. The van der Waals surface area contributed by atoms with E-state index in [2.05, 4.69) is 22.8 Å². The maximum Gasteiger partial charge on any atom is 0.294 e. The summed E-state index contributed by atoms with van der Waals surface area (Å²) in [5.74, 6) is 0.585. The van der Waals surface area contributed by atoms with Gasteiger partial charge in [-0.25, -0.2) is 4.99 Å². The smallest absolute Gasteiger partial charge is 0.294 e. The molecule has 0 fully saturated rings. The Morgan fingerprint density at radius 3 is 2.65 bits per heavy atom. The molecule has 0 aromatic heterocycles. The monoisotopic (exact) mass is 311 g/mol. The topological polar surface area (TPSA) is 82.8 Å². The fourth-order valence-corrected chi connectivity index (χ4v) is 2.40. The first-order chi connectivity index (χ1) is 11.2. The maximum atomic E-state index is 11.2. The highest BCUT2D eigenvalue weighted by molar-refractivity contribution is 6.05. The number of aliphatic imine (C=N–C) groups is 1. The molecular weight excluding hydrogens is 294 g/mol. The van der Waals surface area contributed by atoms with Gasteiger partial charge in [-0.05, 0) is 24.6 Å². The van der Waals surface area contributed by atoms with Crippen molar-refractivity contribution in [3.63, 3.8) is 0 Å². The molecule has 7 nitrogen and oxygen atoms in total. The fraction of sp³-hybridized carbons (Fsp3) is 0.188. The van der Waals surface area contributed by atoms with Crippen LogP contribution in [-0.4, -0.2) is 22.4 Å². The van der Waals surface area contributed by atoms with Crippen LogP contribution in [0.5, 0.6) is 0 Å². The van der Waals surface area contributed by atoms with Gasteiger partial charge in [0.05, 0.1) is 10.6 Å². The molecule has 0 saturated carbocycles. The highest BCUT2D eigenvalue weighted by atomic mass is 16.6. The lowest BCUT2D eigenvalue weighted by molar-refractivity contribution is -0.384. The number of rotatable bonds is 4. The number of nitro benzene ring substituents is 1. The van der Waals surface area contributed by atoms with Crippen molar-refractivity contribution in [3.05, 3.63) is 64.2 Å². The Morgan fingerprint density at radius 1 is 1.13 bits per heavy atom. The number of nitro groups is 1. The third kappa shape index (κ3) is 3.14. The number of nitrogens with zero attached hydrogens (tertiary/aromatic N) is 3. The molecule has 1 aliphatic heterocycles. The summed E-state index contributed by atoms with van der Waals surface area (Å²) in [7, 11) is 0. The SMILES string of the molecule is CCCN1NC(=Nc2ccccc2[N+](=O)[O-])c2ccccc2N1. The summed E-state index contributed by atoms with van der Waals surface area (Å²) < 4.78 is 0. The lowest BCUT2D eigenvalue weighted by Gasteiger charge is -2.32. The van der Waals surface area contributed by atoms with Crippen LogP contribution in [-0.2, 0) is 0 Å². The van der Waals surface area contributed by atoms with E-state index in [1.807, 2.05) is 29.4 Å². The maximum absolute atomic E-state index is 11.2. The lowest BCUT2D eigenvalue weighted by Crippen LogP contribution is -2.50. The molecule has 1 heterocycles. The molecule has 2 aromatic carbocycles. The van der Waals surface area contributed by atoms with Crippen molar-refractivity contribution >= 4 is 22.9 Å². The summed E-state index contributed by atoms with van der Waals surface area (Å²) >= 11 is 0. The average Bonchev–Trinajstić information content (AvgIpc) is 2.55. The molecule has 0 bridgehead atoms. The Kier molecular flexibility index (Phi) is 4.20.